The van der Waals surface area contributed by atoms with Crippen molar-refractivity contribution >= 4 is 22.8 Å². The van der Waals surface area contributed by atoms with E-state index < -0.39 is 11.2 Å². The average molecular weight is 320 g/mol. The molecule has 2 fully saturated rings. The van der Waals surface area contributed by atoms with E-state index in [1.807, 2.05) is 17.0 Å². The number of amides is 1. The molecule has 1 aromatic rings. The highest BCUT2D eigenvalue weighted by Gasteiger charge is 2.37. The van der Waals surface area contributed by atoms with Gasteiger partial charge in [0.25, 0.3) is 0 Å². The van der Waals surface area contributed by atoms with Gasteiger partial charge in [0, 0.05) is 24.6 Å². The first kappa shape index (κ1) is 15.7. The Morgan fingerprint density at radius 2 is 1.82 bits per heavy atom. The molecule has 0 spiro atoms. The Balaban J connectivity index is 1.59. The van der Waals surface area contributed by atoms with Crippen molar-refractivity contribution in [1.82, 2.24) is 4.90 Å². The number of carbonyl (C=O) groups excluding carboxylic acids is 1. The third-order valence-corrected chi connectivity index (χ3v) is 6.55. The van der Waals surface area contributed by atoms with Gasteiger partial charge in [0.2, 0.25) is 5.91 Å². The number of benzene rings is 1. The number of rotatable bonds is 3. The summed E-state index contributed by atoms with van der Waals surface area (Å²) in [6.45, 7) is 1.38. The summed E-state index contributed by atoms with van der Waals surface area (Å²) in [7, 11) is 0. The van der Waals surface area contributed by atoms with Crippen LogP contribution in [0.25, 0.3) is 0 Å². The summed E-state index contributed by atoms with van der Waals surface area (Å²) in [5.41, 5.74) is 6.35. The van der Waals surface area contributed by atoms with Crippen LogP contribution in [-0.2, 0) is 16.0 Å². The van der Waals surface area contributed by atoms with Gasteiger partial charge in [0.15, 0.2) is 4.90 Å². The molecule has 2 unspecified atom stereocenters. The maximum atomic E-state index is 12.6. The zero-order valence-corrected chi connectivity index (χ0v) is 13.7. The number of carbonyl (C=O) groups is 1. The molecule has 1 saturated heterocycles. The molecule has 0 bridgehead atoms. The number of nitrogens with two attached hydrogens (primary N) is 1. The SMILES string of the molecule is Nc1ccc([S+]([O-])C2CCN(C(=O)C3CCCCC3)C2)cc1. The molecule has 120 valence electrons. The van der Waals surface area contributed by atoms with Gasteiger partial charge in [-0.2, -0.15) is 0 Å². The van der Waals surface area contributed by atoms with Crippen molar-refractivity contribution in [3.63, 3.8) is 0 Å². The first-order chi connectivity index (χ1) is 10.6. The molecule has 4 nitrogen and oxygen atoms in total. The molecule has 2 aliphatic rings. The fourth-order valence-electron chi connectivity index (χ4n) is 3.51. The standard InChI is InChI=1S/C17H24N2O2S/c18-14-6-8-15(9-7-14)22(21)16-10-11-19(12-16)17(20)13-4-2-1-3-5-13/h6-9,13,16H,1-5,10-12,18H2. The predicted molar refractivity (Wildman–Crippen MR) is 88.8 cm³/mol. The molecule has 0 radical (unpaired) electrons. The van der Waals surface area contributed by atoms with Gasteiger partial charge in [0.1, 0.15) is 5.25 Å². The molecule has 2 N–H and O–H groups in total. The smallest absolute Gasteiger partial charge is 0.225 e. The monoisotopic (exact) mass is 320 g/mol. The third kappa shape index (κ3) is 3.41. The number of nitrogen functional groups attached to an aromatic ring is 1. The summed E-state index contributed by atoms with van der Waals surface area (Å²) in [4.78, 5) is 15.3. The van der Waals surface area contributed by atoms with Crippen molar-refractivity contribution in [3.05, 3.63) is 24.3 Å². The van der Waals surface area contributed by atoms with E-state index in [0.717, 1.165) is 30.7 Å². The van der Waals surface area contributed by atoms with Crippen LogP contribution in [0.15, 0.2) is 29.2 Å². The van der Waals surface area contributed by atoms with E-state index in [0.29, 0.717) is 12.2 Å². The van der Waals surface area contributed by atoms with Gasteiger partial charge in [-0.1, -0.05) is 19.3 Å². The van der Waals surface area contributed by atoms with E-state index in [-0.39, 0.29) is 17.1 Å². The van der Waals surface area contributed by atoms with E-state index in [2.05, 4.69) is 0 Å². The summed E-state index contributed by atoms with van der Waals surface area (Å²) in [6.07, 6.45) is 6.49. The fourth-order valence-corrected chi connectivity index (χ4v) is 4.93. The second kappa shape index (κ2) is 6.92. The highest BCUT2D eigenvalue weighted by molar-refractivity contribution is 7.92. The van der Waals surface area contributed by atoms with Crippen LogP contribution in [0.4, 0.5) is 5.69 Å². The lowest BCUT2D eigenvalue weighted by atomic mass is 9.88. The van der Waals surface area contributed by atoms with Crippen molar-refractivity contribution in [1.29, 1.82) is 0 Å². The molecule has 1 aliphatic carbocycles. The van der Waals surface area contributed by atoms with Crippen molar-refractivity contribution in [2.24, 2.45) is 5.92 Å². The first-order valence-corrected chi connectivity index (χ1v) is 9.41. The third-order valence-electron chi connectivity index (χ3n) is 4.83. The Bertz CT molecular complexity index is 514. The minimum Gasteiger partial charge on any atom is -0.611 e. The molecule has 1 aromatic carbocycles. The number of nitrogens with zero attached hydrogens (tertiary/aromatic N) is 1. The Labute approximate surface area is 135 Å². The lowest BCUT2D eigenvalue weighted by Gasteiger charge is -2.26. The van der Waals surface area contributed by atoms with Crippen LogP contribution < -0.4 is 5.73 Å². The largest absolute Gasteiger partial charge is 0.611 e. The van der Waals surface area contributed by atoms with Crippen LogP contribution >= 0.6 is 0 Å². The lowest BCUT2D eigenvalue weighted by Crippen LogP contribution is -2.37. The highest BCUT2D eigenvalue weighted by atomic mass is 32.2. The Kier molecular flexibility index (Phi) is 4.93. The zero-order valence-electron chi connectivity index (χ0n) is 12.9. The predicted octanol–water partition coefficient (Wildman–Crippen LogP) is 2.56. The van der Waals surface area contributed by atoms with Crippen molar-refractivity contribution in [2.75, 3.05) is 18.8 Å². The maximum absolute atomic E-state index is 12.6. The van der Waals surface area contributed by atoms with Gasteiger partial charge in [-0.3, -0.25) is 4.79 Å². The highest BCUT2D eigenvalue weighted by Crippen LogP contribution is 2.29. The normalized spacial score (nSPS) is 24.4. The van der Waals surface area contributed by atoms with Gasteiger partial charge >= 0.3 is 0 Å². The molecule has 1 saturated carbocycles. The van der Waals surface area contributed by atoms with Crippen LogP contribution in [0, 0.1) is 5.92 Å². The molecule has 22 heavy (non-hydrogen) atoms. The first-order valence-electron chi connectivity index (χ1n) is 8.20. The number of likely N-dealkylation sites (tertiary alicyclic amines) is 1. The minimum atomic E-state index is -1.06. The number of anilines is 1. The Morgan fingerprint density at radius 1 is 1.14 bits per heavy atom. The molecule has 2 atom stereocenters. The zero-order chi connectivity index (χ0) is 15.5. The second-order valence-electron chi connectivity index (χ2n) is 6.40. The molecular formula is C17H24N2O2S. The van der Waals surface area contributed by atoms with Crippen LogP contribution in [0.3, 0.4) is 0 Å². The fraction of sp³-hybridized carbons (Fsp3) is 0.588. The summed E-state index contributed by atoms with van der Waals surface area (Å²) in [5, 5.41) is 0.0520. The van der Waals surface area contributed by atoms with Crippen LogP contribution in [0.5, 0.6) is 0 Å². The summed E-state index contributed by atoms with van der Waals surface area (Å²) < 4.78 is 12.6. The van der Waals surface area contributed by atoms with Gasteiger partial charge in [-0.15, -0.1) is 0 Å². The Hall–Kier alpha value is -1.20. The van der Waals surface area contributed by atoms with E-state index in [1.54, 1.807) is 12.1 Å². The van der Waals surface area contributed by atoms with E-state index in [4.69, 9.17) is 5.73 Å². The molecule has 1 heterocycles. The van der Waals surface area contributed by atoms with Crippen molar-refractivity contribution < 1.29 is 9.35 Å². The van der Waals surface area contributed by atoms with E-state index in [1.165, 1.54) is 19.3 Å². The molecule has 1 amide bonds. The summed E-state index contributed by atoms with van der Waals surface area (Å²) >= 11 is -1.06. The molecular weight excluding hydrogens is 296 g/mol. The molecule has 5 heteroatoms. The Morgan fingerprint density at radius 3 is 2.50 bits per heavy atom. The molecule has 1 aliphatic heterocycles. The van der Waals surface area contributed by atoms with Crippen molar-refractivity contribution in [2.45, 2.75) is 48.7 Å². The van der Waals surface area contributed by atoms with Crippen LogP contribution in [-0.4, -0.2) is 33.7 Å². The van der Waals surface area contributed by atoms with Gasteiger partial charge < -0.3 is 15.2 Å². The topological polar surface area (TPSA) is 69.4 Å². The average Bonchev–Trinajstić information content (AvgIpc) is 3.05. The van der Waals surface area contributed by atoms with Gasteiger partial charge in [0.05, 0.1) is 6.54 Å². The van der Waals surface area contributed by atoms with Crippen LogP contribution in [0.2, 0.25) is 0 Å². The van der Waals surface area contributed by atoms with Gasteiger partial charge in [-0.25, -0.2) is 0 Å². The lowest BCUT2D eigenvalue weighted by molar-refractivity contribution is -0.135. The molecule has 0 aromatic heterocycles. The minimum absolute atomic E-state index is 0.0520. The van der Waals surface area contributed by atoms with Crippen molar-refractivity contribution in [3.8, 4) is 0 Å². The second-order valence-corrected chi connectivity index (χ2v) is 8.13. The van der Waals surface area contributed by atoms with Crippen LogP contribution in [0.1, 0.15) is 38.5 Å². The quantitative estimate of drug-likeness (QED) is 0.687. The summed E-state index contributed by atoms with van der Waals surface area (Å²) in [6, 6.07) is 7.23. The van der Waals surface area contributed by atoms with E-state index in [9.17, 15) is 9.35 Å². The van der Waals surface area contributed by atoms with E-state index >= 15 is 0 Å². The number of hydrogen-bond acceptors (Lipinski definition) is 3. The maximum Gasteiger partial charge on any atom is 0.225 e. The summed E-state index contributed by atoms with van der Waals surface area (Å²) in [5.74, 6) is 0.494. The molecule has 3 rings (SSSR count). The van der Waals surface area contributed by atoms with Gasteiger partial charge in [-0.05, 0) is 48.3 Å². The number of hydrogen-bond donors (Lipinski definition) is 1.